The first-order valence-corrected chi connectivity index (χ1v) is 7.02. The average molecular weight is 273 g/mol. The van der Waals surface area contributed by atoms with E-state index in [4.69, 9.17) is 9.15 Å². The standard InChI is InChI=1S/C17H23NO2/c1-6-18-17(14-8-7-9-15(10-14)19-5)16-11(2)12(3)20-13(16)4/h7-10,17-18H,6H2,1-5H3. The fraction of sp³-hybridized carbons (Fsp3) is 0.412. The molecule has 0 radical (unpaired) electrons. The smallest absolute Gasteiger partial charge is 0.119 e. The summed E-state index contributed by atoms with van der Waals surface area (Å²) in [6.45, 7) is 9.17. The Morgan fingerprint density at radius 1 is 1.20 bits per heavy atom. The second-order valence-corrected chi connectivity index (χ2v) is 5.02. The third-order valence-corrected chi connectivity index (χ3v) is 3.74. The van der Waals surface area contributed by atoms with Crippen LogP contribution in [0.4, 0.5) is 0 Å². The van der Waals surface area contributed by atoms with Crippen molar-refractivity contribution in [3.05, 3.63) is 52.5 Å². The van der Waals surface area contributed by atoms with Crippen LogP contribution in [0.3, 0.4) is 0 Å². The van der Waals surface area contributed by atoms with Crippen molar-refractivity contribution < 1.29 is 9.15 Å². The van der Waals surface area contributed by atoms with Crippen molar-refractivity contribution in [2.45, 2.75) is 33.7 Å². The van der Waals surface area contributed by atoms with E-state index in [2.05, 4.69) is 31.3 Å². The van der Waals surface area contributed by atoms with E-state index in [1.165, 1.54) is 16.7 Å². The van der Waals surface area contributed by atoms with Crippen LogP contribution < -0.4 is 10.1 Å². The summed E-state index contributed by atoms with van der Waals surface area (Å²) in [7, 11) is 1.69. The van der Waals surface area contributed by atoms with Crippen LogP contribution in [0.15, 0.2) is 28.7 Å². The van der Waals surface area contributed by atoms with Gasteiger partial charge in [0.1, 0.15) is 17.3 Å². The van der Waals surface area contributed by atoms with Crippen LogP contribution in [-0.2, 0) is 0 Å². The average Bonchev–Trinajstić information content (AvgIpc) is 2.70. The van der Waals surface area contributed by atoms with E-state index in [0.717, 1.165) is 23.8 Å². The molecule has 2 aromatic rings. The molecule has 0 amide bonds. The quantitative estimate of drug-likeness (QED) is 0.896. The Labute approximate surface area is 121 Å². The zero-order valence-corrected chi connectivity index (χ0v) is 12.9. The van der Waals surface area contributed by atoms with Gasteiger partial charge in [-0.1, -0.05) is 19.1 Å². The number of ether oxygens (including phenoxy) is 1. The number of rotatable bonds is 5. The maximum atomic E-state index is 5.78. The summed E-state index contributed by atoms with van der Waals surface area (Å²) in [6, 6.07) is 8.32. The predicted octanol–water partition coefficient (Wildman–Crippen LogP) is 3.91. The Hall–Kier alpha value is -1.74. The van der Waals surface area contributed by atoms with Gasteiger partial charge in [-0.05, 0) is 50.6 Å². The number of aryl methyl sites for hydroxylation is 2. The molecule has 2 rings (SSSR count). The Morgan fingerprint density at radius 3 is 2.50 bits per heavy atom. The number of furan rings is 1. The summed E-state index contributed by atoms with van der Waals surface area (Å²) in [6.07, 6.45) is 0. The maximum absolute atomic E-state index is 5.78. The molecule has 1 N–H and O–H groups in total. The second kappa shape index (κ2) is 6.14. The number of nitrogens with one attached hydrogen (secondary N) is 1. The van der Waals surface area contributed by atoms with E-state index in [9.17, 15) is 0 Å². The van der Waals surface area contributed by atoms with Gasteiger partial charge in [-0.15, -0.1) is 0 Å². The third-order valence-electron chi connectivity index (χ3n) is 3.74. The van der Waals surface area contributed by atoms with E-state index < -0.39 is 0 Å². The van der Waals surface area contributed by atoms with Crippen LogP contribution in [0, 0.1) is 20.8 Å². The number of methoxy groups -OCH3 is 1. The zero-order valence-electron chi connectivity index (χ0n) is 12.9. The van der Waals surface area contributed by atoms with E-state index in [1.807, 2.05) is 26.0 Å². The second-order valence-electron chi connectivity index (χ2n) is 5.02. The van der Waals surface area contributed by atoms with Crippen LogP contribution in [-0.4, -0.2) is 13.7 Å². The van der Waals surface area contributed by atoms with Gasteiger partial charge in [0.25, 0.3) is 0 Å². The van der Waals surface area contributed by atoms with Gasteiger partial charge < -0.3 is 14.5 Å². The van der Waals surface area contributed by atoms with Crippen LogP contribution >= 0.6 is 0 Å². The summed E-state index contributed by atoms with van der Waals surface area (Å²) >= 11 is 0. The van der Waals surface area contributed by atoms with Gasteiger partial charge in [-0.3, -0.25) is 0 Å². The van der Waals surface area contributed by atoms with E-state index >= 15 is 0 Å². The summed E-state index contributed by atoms with van der Waals surface area (Å²) in [4.78, 5) is 0. The van der Waals surface area contributed by atoms with Gasteiger partial charge in [0.15, 0.2) is 0 Å². The molecule has 20 heavy (non-hydrogen) atoms. The van der Waals surface area contributed by atoms with E-state index in [0.29, 0.717) is 0 Å². The van der Waals surface area contributed by atoms with Crippen molar-refractivity contribution in [3.63, 3.8) is 0 Å². The summed E-state index contributed by atoms with van der Waals surface area (Å²) in [5, 5.41) is 3.55. The monoisotopic (exact) mass is 273 g/mol. The lowest BCUT2D eigenvalue weighted by Crippen LogP contribution is -2.23. The Bertz CT molecular complexity index is 587. The molecule has 1 unspecified atom stereocenters. The molecule has 0 aliphatic heterocycles. The molecule has 1 atom stereocenters. The zero-order chi connectivity index (χ0) is 14.7. The molecule has 3 nitrogen and oxygen atoms in total. The molecule has 0 fully saturated rings. The minimum Gasteiger partial charge on any atom is -0.497 e. The highest BCUT2D eigenvalue weighted by molar-refractivity contribution is 5.42. The molecule has 0 spiro atoms. The minimum atomic E-state index is 0.132. The predicted molar refractivity (Wildman–Crippen MR) is 81.4 cm³/mol. The number of hydrogen-bond acceptors (Lipinski definition) is 3. The molecule has 1 heterocycles. The van der Waals surface area contributed by atoms with Crippen LogP contribution in [0.1, 0.15) is 41.2 Å². The molecule has 0 aliphatic carbocycles. The van der Waals surface area contributed by atoms with E-state index in [1.54, 1.807) is 7.11 Å². The lowest BCUT2D eigenvalue weighted by Gasteiger charge is -2.20. The molecular formula is C17H23NO2. The fourth-order valence-corrected chi connectivity index (χ4v) is 2.65. The molecule has 0 saturated heterocycles. The van der Waals surface area contributed by atoms with Crippen molar-refractivity contribution in [3.8, 4) is 5.75 Å². The molecule has 3 heteroatoms. The molecule has 0 aliphatic rings. The van der Waals surface area contributed by atoms with E-state index in [-0.39, 0.29) is 6.04 Å². The summed E-state index contributed by atoms with van der Waals surface area (Å²) < 4.78 is 11.1. The lowest BCUT2D eigenvalue weighted by molar-refractivity contribution is 0.413. The highest BCUT2D eigenvalue weighted by Crippen LogP contribution is 2.32. The van der Waals surface area contributed by atoms with Gasteiger partial charge in [-0.25, -0.2) is 0 Å². The molecule has 1 aromatic heterocycles. The number of hydrogen-bond donors (Lipinski definition) is 1. The van der Waals surface area contributed by atoms with Crippen molar-refractivity contribution in [2.24, 2.45) is 0 Å². The van der Waals surface area contributed by atoms with Crippen molar-refractivity contribution >= 4 is 0 Å². The van der Waals surface area contributed by atoms with Gasteiger partial charge >= 0.3 is 0 Å². The van der Waals surface area contributed by atoms with Crippen molar-refractivity contribution in [1.82, 2.24) is 5.32 Å². The van der Waals surface area contributed by atoms with Gasteiger partial charge in [0.05, 0.1) is 13.2 Å². The molecule has 1 aromatic carbocycles. The highest BCUT2D eigenvalue weighted by Gasteiger charge is 2.22. The van der Waals surface area contributed by atoms with Gasteiger partial charge in [-0.2, -0.15) is 0 Å². The van der Waals surface area contributed by atoms with Crippen LogP contribution in [0.5, 0.6) is 5.75 Å². The molecule has 0 saturated carbocycles. The largest absolute Gasteiger partial charge is 0.497 e. The van der Waals surface area contributed by atoms with Crippen LogP contribution in [0.2, 0.25) is 0 Å². The molecular weight excluding hydrogens is 250 g/mol. The number of benzene rings is 1. The van der Waals surface area contributed by atoms with Gasteiger partial charge in [0, 0.05) is 5.56 Å². The topological polar surface area (TPSA) is 34.4 Å². The molecule has 108 valence electrons. The first kappa shape index (κ1) is 14.7. The maximum Gasteiger partial charge on any atom is 0.119 e. The first-order chi connectivity index (χ1) is 9.58. The third kappa shape index (κ3) is 2.73. The molecule has 0 bridgehead atoms. The van der Waals surface area contributed by atoms with Crippen LogP contribution in [0.25, 0.3) is 0 Å². The Balaban J connectivity index is 2.50. The Kier molecular flexibility index (Phi) is 4.50. The van der Waals surface area contributed by atoms with Crippen molar-refractivity contribution in [2.75, 3.05) is 13.7 Å². The first-order valence-electron chi connectivity index (χ1n) is 7.02. The minimum absolute atomic E-state index is 0.132. The normalized spacial score (nSPS) is 12.4. The summed E-state index contributed by atoms with van der Waals surface area (Å²) in [5.41, 5.74) is 3.65. The van der Waals surface area contributed by atoms with Crippen molar-refractivity contribution in [1.29, 1.82) is 0 Å². The summed E-state index contributed by atoms with van der Waals surface area (Å²) in [5.74, 6) is 2.85. The SMILES string of the molecule is CCNC(c1cccc(OC)c1)c1c(C)oc(C)c1C. The lowest BCUT2D eigenvalue weighted by atomic mass is 9.95. The van der Waals surface area contributed by atoms with Gasteiger partial charge in [0.2, 0.25) is 0 Å². The fourth-order valence-electron chi connectivity index (χ4n) is 2.65. The Morgan fingerprint density at radius 2 is 1.95 bits per heavy atom. The highest BCUT2D eigenvalue weighted by atomic mass is 16.5.